The maximum absolute atomic E-state index is 11.9. The predicted octanol–water partition coefficient (Wildman–Crippen LogP) is 7.99. The number of carboxylic acids is 1. The second-order valence-electron chi connectivity index (χ2n) is 12.7. The van der Waals surface area contributed by atoms with Crippen LogP contribution in [0.15, 0.2) is 34.9 Å². The molecule has 11 heteroatoms. The third-order valence-electron chi connectivity index (χ3n) is 9.79. The van der Waals surface area contributed by atoms with Crippen LogP contribution in [0.25, 0.3) is 21.5 Å². The first-order valence-corrected chi connectivity index (χ1v) is 17.1. The molecule has 8 rings (SSSR count). The van der Waals surface area contributed by atoms with E-state index in [1.165, 1.54) is 0 Å². The zero-order valence-corrected chi connectivity index (χ0v) is 26.5. The lowest BCUT2D eigenvalue weighted by molar-refractivity contribution is 0.0122. The highest BCUT2D eigenvalue weighted by Gasteiger charge is 2.46. The third-order valence-corrected chi connectivity index (χ3v) is 11.5. The number of ether oxygens (including phenoxy) is 2. The van der Waals surface area contributed by atoms with Crippen molar-refractivity contribution >= 4 is 55.9 Å². The molecule has 4 heterocycles. The van der Waals surface area contributed by atoms with Crippen molar-refractivity contribution in [2.24, 2.45) is 11.8 Å². The molecule has 2 aromatic carbocycles. The fourth-order valence-corrected chi connectivity index (χ4v) is 8.99. The molecule has 8 nitrogen and oxygen atoms in total. The summed E-state index contributed by atoms with van der Waals surface area (Å²) in [6.45, 7) is 2.89. The molecule has 2 aromatic heterocycles. The number of thiazole rings is 1. The van der Waals surface area contributed by atoms with Crippen LogP contribution in [0.2, 0.25) is 10.0 Å². The van der Waals surface area contributed by atoms with E-state index >= 15 is 0 Å². The van der Waals surface area contributed by atoms with E-state index in [1.807, 2.05) is 24.3 Å². The molecule has 2 bridgehead atoms. The van der Waals surface area contributed by atoms with Gasteiger partial charge in [0.25, 0.3) is 0 Å². The van der Waals surface area contributed by atoms with Crippen molar-refractivity contribution in [3.8, 4) is 11.3 Å². The van der Waals surface area contributed by atoms with Gasteiger partial charge in [0, 0.05) is 48.8 Å². The Morgan fingerprint density at radius 1 is 1.16 bits per heavy atom. The number of nitrogens with zero attached hydrogens (tertiary/aromatic N) is 3. The van der Waals surface area contributed by atoms with Gasteiger partial charge in [0.05, 0.1) is 38.5 Å². The number of aromatic carboxylic acids is 1. The number of hydrogen-bond donors (Lipinski definition) is 1. The minimum Gasteiger partial charge on any atom is -0.478 e. The Morgan fingerprint density at radius 3 is 2.70 bits per heavy atom. The van der Waals surface area contributed by atoms with Gasteiger partial charge < -0.3 is 24.0 Å². The number of aromatic nitrogens is 2. The van der Waals surface area contributed by atoms with E-state index in [0.29, 0.717) is 57.3 Å². The lowest BCUT2D eigenvalue weighted by Crippen LogP contribution is -2.38. The monoisotopic (exact) mass is 653 g/mol. The van der Waals surface area contributed by atoms with Gasteiger partial charge in [0.1, 0.15) is 11.5 Å². The Morgan fingerprint density at radius 2 is 2.00 bits per heavy atom. The highest BCUT2D eigenvalue weighted by molar-refractivity contribution is 7.22. The molecule has 44 heavy (non-hydrogen) atoms. The molecule has 0 amide bonds. The summed E-state index contributed by atoms with van der Waals surface area (Å²) in [4.78, 5) is 19.4. The average Bonchev–Trinajstić information content (AvgIpc) is 3.51. The molecule has 2 aliphatic carbocycles. The number of fused-ring (bicyclic) bond motifs is 3. The first-order valence-electron chi connectivity index (χ1n) is 15.5. The Labute approximate surface area is 269 Å². The molecule has 4 atom stereocenters. The second-order valence-corrected chi connectivity index (χ2v) is 14.5. The van der Waals surface area contributed by atoms with Gasteiger partial charge in [-0.3, -0.25) is 0 Å². The van der Waals surface area contributed by atoms with Crippen molar-refractivity contribution in [3.63, 3.8) is 0 Å². The summed E-state index contributed by atoms with van der Waals surface area (Å²) < 4.78 is 19.0. The van der Waals surface area contributed by atoms with Crippen LogP contribution in [0.4, 0.5) is 5.13 Å². The summed E-state index contributed by atoms with van der Waals surface area (Å²) in [6.07, 6.45) is 7.14. The SMILES string of the molecule is O=C(O)c1cc(CCC2CCOC2)c2nc(N3C[C@@H]4C[C@H]3C[C@H]4OCc3c(-c4c(Cl)cccc4Cl)noc3C3CC3)sc2c1. The number of piperidine rings is 1. The zero-order valence-electron chi connectivity index (χ0n) is 24.1. The van der Waals surface area contributed by atoms with Crippen LogP contribution >= 0.6 is 34.5 Å². The smallest absolute Gasteiger partial charge is 0.335 e. The lowest BCUT2D eigenvalue weighted by atomic mass is 9.97. The van der Waals surface area contributed by atoms with Gasteiger partial charge in [-0.05, 0) is 80.7 Å². The Kier molecular flexibility index (Phi) is 7.58. The maximum atomic E-state index is 11.9. The minimum absolute atomic E-state index is 0.130. The molecule has 2 aliphatic heterocycles. The van der Waals surface area contributed by atoms with E-state index in [1.54, 1.807) is 17.4 Å². The van der Waals surface area contributed by atoms with Crippen LogP contribution in [0.1, 0.15) is 71.7 Å². The van der Waals surface area contributed by atoms with E-state index < -0.39 is 5.97 Å². The predicted molar refractivity (Wildman–Crippen MR) is 170 cm³/mol. The number of anilines is 1. The summed E-state index contributed by atoms with van der Waals surface area (Å²) in [5, 5.41) is 16.3. The number of carbonyl (C=O) groups is 1. The lowest BCUT2D eigenvalue weighted by Gasteiger charge is -2.31. The second kappa shape index (κ2) is 11.6. The van der Waals surface area contributed by atoms with Gasteiger partial charge in [-0.1, -0.05) is 45.8 Å². The van der Waals surface area contributed by atoms with Crippen molar-refractivity contribution in [1.82, 2.24) is 10.1 Å². The van der Waals surface area contributed by atoms with E-state index in [9.17, 15) is 9.90 Å². The Hall–Kier alpha value is -2.69. The van der Waals surface area contributed by atoms with Crippen molar-refractivity contribution in [3.05, 3.63) is 62.8 Å². The molecule has 0 radical (unpaired) electrons. The molecule has 0 spiro atoms. The van der Waals surface area contributed by atoms with Crippen molar-refractivity contribution in [2.45, 2.75) is 69.6 Å². The highest BCUT2D eigenvalue weighted by atomic mass is 35.5. The number of rotatable bonds is 10. The summed E-state index contributed by atoms with van der Waals surface area (Å²) >= 11 is 14.7. The first kappa shape index (κ1) is 28.8. The van der Waals surface area contributed by atoms with Crippen LogP contribution in [-0.2, 0) is 22.5 Å². The summed E-state index contributed by atoms with van der Waals surface area (Å²) in [6, 6.07) is 9.40. The Balaban J connectivity index is 0.990. The molecule has 4 fully saturated rings. The number of aryl methyl sites for hydroxylation is 1. The molecule has 4 aliphatic rings. The highest BCUT2D eigenvalue weighted by Crippen LogP contribution is 2.48. The normalized spacial score (nSPS) is 24.6. The molecule has 1 N–H and O–H groups in total. The molecule has 2 saturated carbocycles. The van der Waals surface area contributed by atoms with Gasteiger partial charge in [0.2, 0.25) is 0 Å². The molecule has 230 valence electrons. The number of halogens is 2. The van der Waals surface area contributed by atoms with Crippen LogP contribution in [0, 0.1) is 11.8 Å². The summed E-state index contributed by atoms with van der Waals surface area (Å²) in [7, 11) is 0. The van der Waals surface area contributed by atoms with Crippen LogP contribution in [-0.4, -0.2) is 53.1 Å². The van der Waals surface area contributed by atoms with Crippen LogP contribution in [0.5, 0.6) is 0 Å². The largest absolute Gasteiger partial charge is 0.478 e. The molecular formula is C33H33Cl2N3O5S. The van der Waals surface area contributed by atoms with Gasteiger partial charge in [-0.25, -0.2) is 9.78 Å². The van der Waals surface area contributed by atoms with E-state index in [-0.39, 0.29) is 6.10 Å². The molecule has 2 saturated heterocycles. The van der Waals surface area contributed by atoms with Crippen molar-refractivity contribution in [1.29, 1.82) is 0 Å². The van der Waals surface area contributed by atoms with Crippen LogP contribution < -0.4 is 4.90 Å². The minimum atomic E-state index is -0.898. The quantitative estimate of drug-likeness (QED) is 0.184. The van der Waals surface area contributed by atoms with E-state index in [4.69, 9.17) is 42.2 Å². The van der Waals surface area contributed by atoms with Crippen LogP contribution in [0.3, 0.4) is 0 Å². The first-order chi connectivity index (χ1) is 21.4. The molecular weight excluding hydrogens is 621 g/mol. The Bertz CT molecular complexity index is 1710. The van der Waals surface area contributed by atoms with Crippen molar-refractivity contribution in [2.75, 3.05) is 24.7 Å². The maximum Gasteiger partial charge on any atom is 0.335 e. The van der Waals surface area contributed by atoms with Crippen molar-refractivity contribution < 1.29 is 23.9 Å². The zero-order chi connectivity index (χ0) is 29.9. The number of benzene rings is 2. The molecule has 4 aromatic rings. The van der Waals surface area contributed by atoms with Gasteiger partial charge >= 0.3 is 5.97 Å². The van der Waals surface area contributed by atoms with E-state index in [0.717, 1.165) is 96.9 Å². The third kappa shape index (κ3) is 5.30. The fourth-order valence-electron chi connectivity index (χ4n) is 7.28. The van der Waals surface area contributed by atoms with E-state index in [2.05, 4.69) is 10.1 Å². The number of carboxylic acid groups (broad SMARTS) is 1. The molecule has 1 unspecified atom stereocenters. The van der Waals surface area contributed by atoms with Gasteiger partial charge in [-0.2, -0.15) is 0 Å². The van der Waals surface area contributed by atoms with Gasteiger partial charge in [0.15, 0.2) is 5.13 Å². The standard InChI is InChI=1S/C33H33Cl2N3O5S/c34-24-2-1-3-25(35)28(24)30-23(31(43-37-30)18-6-7-18)16-42-26-13-22-11-21(26)14-38(22)33-36-29-19(5-4-17-8-9-41-15-17)10-20(32(39)40)12-27(29)44-33/h1-3,10,12,17-18,21-22,26H,4-9,11,13-16H2,(H,39,40)/t17?,21-,22-,26+/m0/s1. The number of hydrogen-bond acceptors (Lipinski definition) is 8. The summed E-state index contributed by atoms with van der Waals surface area (Å²) in [5.74, 6) is 1.29. The van der Waals surface area contributed by atoms with Gasteiger partial charge in [-0.15, -0.1) is 0 Å². The topological polar surface area (TPSA) is 97.9 Å². The summed E-state index contributed by atoms with van der Waals surface area (Å²) in [5.41, 5.74) is 4.63. The average molecular weight is 655 g/mol. The fraction of sp³-hybridized carbons (Fsp3) is 0.485.